The molecule has 0 aliphatic heterocycles. The molecular formula is C23H22N4O4S. The van der Waals surface area contributed by atoms with Crippen molar-refractivity contribution in [2.24, 2.45) is 5.14 Å². The number of hydrogen-bond acceptors (Lipinski definition) is 5. The summed E-state index contributed by atoms with van der Waals surface area (Å²) in [5, 5.41) is 7.98. The second kappa shape index (κ2) is 9.21. The van der Waals surface area contributed by atoms with E-state index in [1.165, 1.54) is 12.1 Å². The number of aromatic nitrogens is 2. The lowest BCUT2D eigenvalue weighted by Gasteiger charge is -2.11. The maximum atomic E-state index is 12.7. The highest BCUT2D eigenvalue weighted by Gasteiger charge is 2.13. The highest BCUT2D eigenvalue weighted by molar-refractivity contribution is 7.89. The summed E-state index contributed by atoms with van der Waals surface area (Å²) in [6, 6.07) is 19.1. The van der Waals surface area contributed by atoms with Crippen LogP contribution in [-0.2, 0) is 23.1 Å². The molecule has 0 unspecified atom stereocenters. The zero-order chi connectivity index (χ0) is 22.6. The third-order valence-corrected chi connectivity index (χ3v) is 5.80. The van der Waals surface area contributed by atoms with Crippen molar-refractivity contribution in [2.75, 3.05) is 6.54 Å². The van der Waals surface area contributed by atoms with Crippen LogP contribution in [0.1, 0.15) is 21.6 Å². The van der Waals surface area contributed by atoms with E-state index < -0.39 is 10.0 Å². The molecule has 0 bridgehead atoms. The van der Waals surface area contributed by atoms with Gasteiger partial charge in [-0.25, -0.2) is 18.5 Å². The normalized spacial score (nSPS) is 11.4. The molecule has 0 saturated heterocycles. The zero-order valence-electron chi connectivity index (χ0n) is 17.1. The van der Waals surface area contributed by atoms with Gasteiger partial charge in [0.1, 0.15) is 18.0 Å². The smallest absolute Gasteiger partial charge is 0.255 e. The molecule has 32 heavy (non-hydrogen) atoms. The van der Waals surface area contributed by atoms with Crippen LogP contribution in [0.15, 0.2) is 84.0 Å². The van der Waals surface area contributed by atoms with E-state index in [-0.39, 0.29) is 17.4 Å². The quantitative estimate of drug-likeness (QED) is 0.428. The number of pyridine rings is 1. The van der Waals surface area contributed by atoms with Crippen LogP contribution in [0.25, 0.3) is 5.65 Å². The van der Waals surface area contributed by atoms with Crippen molar-refractivity contribution in [3.63, 3.8) is 0 Å². The van der Waals surface area contributed by atoms with Gasteiger partial charge >= 0.3 is 0 Å². The molecule has 8 nitrogen and oxygen atoms in total. The number of carbonyl (C=O) groups is 1. The molecule has 0 atom stereocenters. The number of primary sulfonamides is 1. The first-order valence-corrected chi connectivity index (χ1v) is 11.5. The van der Waals surface area contributed by atoms with Gasteiger partial charge in [0.25, 0.3) is 5.91 Å². The Morgan fingerprint density at radius 3 is 2.53 bits per heavy atom. The van der Waals surface area contributed by atoms with Crippen molar-refractivity contribution in [1.82, 2.24) is 14.7 Å². The summed E-state index contributed by atoms with van der Waals surface area (Å²) >= 11 is 0. The van der Waals surface area contributed by atoms with Crippen LogP contribution in [0.2, 0.25) is 0 Å². The van der Waals surface area contributed by atoms with Crippen molar-refractivity contribution in [3.8, 4) is 5.75 Å². The number of benzene rings is 2. The number of ether oxygens (including phenoxy) is 1. The summed E-state index contributed by atoms with van der Waals surface area (Å²) < 4.78 is 30.4. The number of nitrogens with zero attached hydrogens (tertiary/aromatic N) is 2. The zero-order valence-corrected chi connectivity index (χ0v) is 18.0. The summed E-state index contributed by atoms with van der Waals surface area (Å²) in [6.07, 6.45) is 4.34. The van der Waals surface area contributed by atoms with E-state index in [1.54, 1.807) is 30.3 Å². The molecule has 4 aromatic rings. The van der Waals surface area contributed by atoms with Crippen LogP contribution in [-0.4, -0.2) is 30.3 Å². The SMILES string of the molecule is NS(=O)(=O)c1ccc(CCNC(=O)c2ccccc2OCc2cn3ccccc3n2)cc1. The number of rotatable bonds is 8. The summed E-state index contributed by atoms with van der Waals surface area (Å²) in [5.41, 5.74) is 2.90. The van der Waals surface area contributed by atoms with Crippen molar-refractivity contribution in [1.29, 1.82) is 0 Å². The molecule has 164 valence electrons. The van der Waals surface area contributed by atoms with Gasteiger partial charge < -0.3 is 14.5 Å². The monoisotopic (exact) mass is 450 g/mol. The third kappa shape index (κ3) is 5.13. The topological polar surface area (TPSA) is 116 Å². The van der Waals surface area contributed by atoms with Crippen molar-refractivity contribution >= 4 is 21.6 Å². The van der Waals surface area contributed by atoms with Crippen LogP contribution < -0.4 is 15.2 Å². The third-order valence-electron chi connectivity index (χ3n) is 4.87. The van der Waals surface area contributed by atoms with Crippen LogP contribution in [0.4, 0.5) is 0 Å². The maximum absolute atomic E-state index is 12.7. The van der Waals surface area contributed by atoms with Crippen molar-refractivity contribution in [2.45, 2.75) is 17.9 Å². The number of nitrogens with two attached hydrogens (primary N) is 1. The van der Waals surface area contributed by atoms with E-state index in [4.69, 9.17) is 9.88 Å². The number of amides is 1. The molecule has 2 aromatic carbocycles. The lowest BCUT2D eigenvalue weighted by Crippen LogP contribution is -2.26. The van der Waals surface area contributed by atoms with Crippen LogP contribution in [0, 0.1) is 0 Å². The van der Waals surface area contributed by atoms with E-state index in [2.05, 4.69) is 10.3 Å². The summed E-state index contributed by atoms with van der Waals surface area (Å²) in [7, 11) is -3.72. The molecule has 2 aromatic heterocycles. The fourth-order valence-electron chi connectivity index (χ4n) is 3.25. The minimum absolute atomic E-state index is 0.0574. The average Bonchev–Trinajstić information content (AvgIpc) is 3.20. The molecule has 0 aliphatic carbocycles. The number of fused-ring (bicyclic) bond motifs is 1. The number of imidazole rings is 1. The standard InChI is InChI=1S/C23H22N4O4S/c24-32(29,30)19-10-8-17(9-11-19)12-13-25-23(28)20-5-1-2-6-21(20)31-16-18-15-27-14-4-3-7-22(27)26-18/h1-11,14-15H,12-13,16H2,(H,25,28)(H2,24,29,30). The van der Waals surface area contributed by atoms with E-state index in [0.717, 1.165) is 16.9 Å². The first kappa shape index (κ1) is 21.5. The van der Waals surface area contributed by atoms with Crippen molar-refractivity contribution < 1.29 is 17.9 Å². The molecule has 1 amide bonds. The molecule has 9 heteroatoms. The molecular weight excluding hydrogens is 428 g/mol. The molecule has 0 aliphatic rings. The summed E-state index contributed by atoms with van der Waals surface area (Å²) in [4.78, 5) is 17.2. The van der Waals surface area contributed by atoms with Crippen LogP contribution >= 0.6 is 0 Å². The minimum atomic E-state index is -3.72. The number of nitrogens with one attached hydrogen (secondary N) is 1. The number of carbonyl (C=O) groups excluding carboxylic acids is 1. The van der Waals surface area contributed by atoms with Gasteiger partial charge in [-0.1, -0.05) is 30.3 Å². The van der Waals surface area contributed by atoms with Crippen LogP contribution in [0.3, 0.4) is 0 Å². The Morgan fingerprint density at radius 2 is 1.78 bits per heavy atom. The van der Waals surface area contributed by atoms with E-state index in [9.17, 15) is 13.2 Å². The second-order valence-electron chi connectivity index (χ2n) is 7.18. The van der Waals surface area contributed by atoms with Crippen LogP contribution in [0.5, 0.6) is 5.75 Å². The maximum Gasteiger partial charge on any atom is 0.255 e. The van der Waals surface area contributed by atoms with Gasteiger partial charge in [-0.2, -0.15) is 0 Å². The number of hydrogen-bond donors (Lipinski definition) is 2. The largest absolute Gasteiger partial charge is 0.486 e. The molecule has 0 saturated carbocycles. The van der Waals surface area contributed by atoms with Gasteiger partial charge in [-0.15, -0.1) is 0 Å². The Morgan fingerprint density at radius 1 is 1.03 bits per heavy atom. The minimum Gasteiger partial charge on any atom is -0.486 e. The Kier molecular flexibility index (Phi) is 6.20. The lowest BCUT2D eigenvalue weighted by molar-refractivity contribution is 0.0949. The van der Waals surface area contributed by atoms with Gasteiger partial charge in [0.2, 0.25) is 10.0 Å². The predicted octanol–water partition coefficient (Wildman–Crippen LogP) is 2.53. The number of para-hydroxylation sites is 1. The first-order chi connectivity index (χ1) is 15.4. The predicted molar refractivity (Wildman–Crippen MR) is 120 cm³/mol. The van der Waals surface area contributed by atoms with Gasteiger partial charge in [0.15, 0.2) is 0 Å². The van der Waals surface area contributed by atoms with Gasteiger partial charge in [-0.3, -0.25) is 4.79 Å². The first-order valence-electron chi connectivity index (χ1n) is 9.94. The molecule has 0 radical (unpaired) electrons. The molecule has 2 heterocycles. The fourth-order valence-corrected chi connectivity index (χ4v) is 3.77. The Hall–Kier alpha value is -3.69. The highest BCUT2D eigenvalue weighted by atomic mass is 32.2. The average molecular weight is 451 g/mol. The van der Waals surface area contributed by atoms with Gasteiger partial charge in [0.05, 0.1) is 16.2 Å². The van der Waals surface area contributed by atoms with Gasteiger partial charge in [0, 0.05) is 18.9 Å². The molecule has 4 rings (SSSR count). The summed E-state index contributed by atoms with van der Waals surface area (Å²) in [6.45, 7) is 0.622. The Labute approximate surface area is 185 Å². The lowest BCUT2D eigenvalue weighted by atomic mass is 10.1. The van der Waals surface area contributed by atoms with E-state index in [1.807, 2.05) is 41.1 Å². The molecule has 3 N–H and O–H groups in total. The second-order valence-corrected chi connectivity index (χ2v) is 8.74. The van der Waals surface area contributed by atoms with Gasteiger partial charge in [-0.05, 0) is 48.4 Å². The Balaban J connectivity index is 1.35. The molecule has 0 fully saturated rings. The number of sulfonamides is 1. The highest BCUT2D eigenvalue weighted by Crippen LogP contribution is 2.19. The summed E-state index contributed by atoms with van der Waals surface area (Å²) in [5.74, 6) is 0.219. The Bertz CT molecular complexity index is 1310. The van der Waals surface area contributed by atoms with E-state index >= 15 is 0 Å². The molecule has 0 spiro atoms. The van der Waals surface area contributed by atoms with Crippen molar-refractivity contribution in [3.05, 3.63) is 95.9 Å². The van der Waals surface area contributed by atoms with E-state index in [0.29, 0.717) is 24.3 Å². The fraction of sp³-hybridized carbons (Fsp3) is 0.130.